The third-order valence-corrected chi connectivity index (χ3v) is 4.23. The van der Waals surface area contributed by atoms with Crippen LogP contribution in [0.25, 0.3) is 0 Å². The first-order valence-electron chi connectivity index (χ1n) is 5.71. The second-order valence-corrected chi connectivity index (χ2v) is 5.83. The van der Waals surface area contributed by atoms with Crippen molar-refractivity contribution < 1.29 is 13.5 Å². The highest BCUT2D eigenvalue weighted by Crippen LogP contribution is 2.12. The quantitative estimate of drug-likeness (QED) is 0.748. The van der Waals surface area contributed by atoms with Crippen molar-refractivity contribution in [2.45, 2.75) is 19.4 Å². The molecule has 1 rings (SSSR count). The van der Waals surface area contributed by atoms with Crippen molar-refractivity contribution in [2.24, 2.45) is 0 Å². The number of rotatable bonds is 7. The van der Waals surface area contributed by atoms with Gasteiger partial charge in [-0.15, -0.1) is 0 Å². The number of pyridine rings is 1. The summed E-state index contributed by atoms with van der Waals surface area (Å²) in [7, 11) is -2.04. The summed E-state index contributed by atoms with van der Waals surface area (Å²) in [6.07, 6.45) is 3.66. The average molecular weight is 273 g/mol. The zero-order valence-corrected chi connectivity index (χ0v) is 11.4. The minimum Gasteiger partial charge on any atom is -0.396 e. The lowest BCUT2D eigenvalue weighted by Crippen LogP contribution is -2.40. The van der Waals surface area contributed by atoms with Crippen molar-refractivity contribution in [2.75, 3.05) is 20.2 Å². The van der Waals surface area contributed by atoms with Crippen molar-refractivity contribution in [3.8, 4) is 0 Å². The van der Waals surface area contributed by atoms with Crippen LogP contribution in [-0.2, 0) is 10.2 Å². The summed E-state index contributed by atoms with van der Waals surface area (Å²) in [5.41, 5.74) is 0.851. The van der Waals surface area contributed by atoms with E-state index in [4.69, 9.17) is 5.11 Å². The van der Waals surface area contributed by atoms with E-state index in [0.717, 1.165) is 5.56 Å². The number of nitrogens with zero attached hydrogens (tertiary/aromatic N) is 2. The molecule has 0 aromatic carbocycles. The fourth-order valence-corrected chi connectivity index (χ4v) is 2.58. The maximum Gasteiger partial charge on any atom is 0.279 e. The molecule has 1 unspecified atom stereocenters. The molecule has 0 aliphatic carbocycles. The molecule has 0 amide bonds. The summed E-state index contributed by atoms with van der Waals surface area (Å²) in [6.45, 7) is 2.03. The zero-order valence-electron chi connectivity index (χ0n) is 10.6. The van der Waals surface area contributed by atoms with Gasteiger partial charge in [0.2, 0.25) is 0 Å². The van der Waals surface area contributed by atoms with Gasteiger partial charge in [0.05, 0.1) is 0 Å². The summed E-state index contributed by atoms with van der Waals surface area (Å²) in [5, 5.41) is 8.69. The molecule has 0 aliphatic heterocycles. The summed E-state index contributed by atoms with van der Waals surface area (Å²) in [4.78, 5) is 3.88. The Morgan fingerprint density at radius 2 is 2.06 bits per heavy atom. The van der Waals surface area contributed by atoms with E-state index in [1.54, 1.807) is 31.5 Å². The summed E-state index contributed by atoms with van der Waals surface area (Å²) in [5.74, 6) is 0. The molecule has 0 bridgehead atoms. The van der Waals surface area contributed by atoms with Gasteiger partial charge in [-0.05, 0) is 31.0 Å². The van der Waals surface area contributed by atoms with Crippen molar-refractivity contribution in [3.63, 3.8) is 0 Å². The molecule has 0 aliphatic rings. The first-order chi connectivity index (χ1) is 8.47. The molecule has 0 spiro atoms. The normalized spacial score (nSPS) is 13.8. The summed E-state index contributed by atoms with van der Waals surface area (Å²) in [6, 6.07) is 3.21. The van der Waals surface area contributed by atoms with Gasteiger partial charge >= 0.3 is 0 Å². The molecule has 7 heteroatoms. The van der Waals surface area contributed by atoms with Gasteiger partial charge in [-0.1, -0.05) is 0 Å². The van der Waals surface area contributed by atoms with Gasteiger partial charge in [0, 0.05) is 38.6 Å². The second-order valence-electron chi connectivity index (χ2n) is 4.02. The van der Waals surface area contributed by atoms with E-state index >= 15 is 0 Å². The predicted octanol–water partition coefficient (Wildman–Crippen LogP) is 0.291. The van der Waals surface area contributed by atoms with Crippen LogP contribution in [0.3, 0.4) is 0 Å². The number of aliphatic hydroxyl groups excluding tert-OH is 1. The third kappa shape index (κ3) is 4.34. The first-order valence-corrected chi connectivity index (χ1v) is 7.15. The largest absolute Gasteiger partial charge is 0.396 e. The van der Waals surface area contributed by atoms with Crippen LogP contribution in [0.2, 0.25) is 0 Å². The van der Waals surface area contributed by atoms with Gasteiger partial charge in [0.1, 0.15) is 0 Å². The Balaban J connectivity index is 2.65. The molecule has 0 saturated carbocycles. The minimum absolute atomic E-state index is 0.0280. The molecular weight excluding hydrogens is 254 g/mol. The van der Waals surface area contributed by atoms with E-state index in [9.17, 15) is 8.42 Å². The van der Waals surface area contributed by atoms with Crippen LogP contribution in [0, 0.1) is 0 Å². The fourth-order valence-electron chi connectivity index (χ4n) is 1.45. The highest BCUT2D eigenvalue weighted by molar-refractivity contribution is 7.87. The Kier molecular flexibility index (Phi) is 5.67. The van der Waals surface area contributed by atoms with E-state index in [-0.39, 0.29) is 19.2 Å². The van der Waals surface area contributed by atoms with Gasteiger partial charge in [-0.3, -0.25) is 4.98 Å². The van der Waals surface area contributed by atoms with Crippen LogP contribution in [0.5, 0.6) is 0 Å². The molecule has 0 saturated heterocycles. The van der Waals surface area contributed by atoms with Crippen molar-refractivity contribution >= 4 is 10.2 Å². The Hall–Kier alpha value is -1.02. The molecule has 0 fully saturated rings. The lowest BCUT2D eigenvalue weighted by Gasteiger charge is -2.21. The predicted molar refractivity (Wildman–Crippen MR) is 69.0 cm³/mol. The number of hydrogen-bond donors (Lipinski definition) is 2. The highest BCUT2D eigenvalue weighted by atomic mass is 32.2. The van der Waals surface area contributed by atoms with E-state index in [1.807, 2.05) is 0 Å². The Morgan fingerprint density at radius 1 is 1.44 bits per heavy atom. The molecule has 1 atom stereocenters. The van der Waals surface area contributed by atoms with Crippen LogP contribution < -0.4 is 4.72 Å². The van der Waals surface area contributed by atoms with Crippen LogP contribution in [0.4, 0.5) is 0 Å². The molecular formula is C11H19N3O3S. The smallest absolute Gasteiger partial charge is 0.279 e. The van der Waals surface area contributed by atoms with Gasteiger partial charge in [-0.25, -0.2) is 0 Å². The molecule has 2 N–H and O–H groups in total. The van der Waals surface area contributed by atoms with E-state index in [2.05, 4.69) is 9.71 Å². The zero-order chi connectivity index (χ0) is 13.6. The third-order valence-electron chi connectivity index (χ3n) is 2.57. The second kappa shape index (κ2) is 6.79. The molecule has 1 aromatic rings. The molecule has 0 radical (unpaired) electrons. The van der Waals surface area contributed by atoms with Crippen molar-refractivity contribution in [1.29, 1.82) is 0 Å². The monoisotopic (exact) mass is 273 g/mol. The topological polar surface area (TPSA) is 82.5 Å². The van der Waals surface area contributed by atoms with E-state index < -0.39 is 10.2 Å². The Bertz CT molecular complexity index is 450. The van der Waals surface area contributed by atoms with Gasteiger partial charge in [-0.2, -0.15) is 17.4 Å². The van der Waals surface area contributed by atoms with Gasteiger partial charge in [0.15, 0.2) is 0 Å². The molecule has 1 aromatic heterocycles. The van der Waals surface area contributed by atoms with Gasteiger partial charge in [0.25, 0.3) is 10.2 Å². The Morgan fingerprint density at radius 3 is 2.61 bits per heavy atom. The highest BCUT2D eigenvalue weighted by Gasteiger charge is 2.20. The molecule has 6 nitrogen and oxygen atoms in total. The van der Waals surface area contributed by atoms with E-state index in [0.29, 0.717) is 6.42 Å². The maximum atomic E-state index is 11.9. The van der Waals surface area contributed by atoms with Gasteiger partial charge < -0.3 is 5.11 Å². The maximum absolute atomic E-state index is 11.9. The summed E-state index contributed by atoms with van der Waals surface area (Å²) < 4.78 is 27.6. The number of hydrogen-bond acceptors (Lipinski definition) is 4. The molecule has 102 valence electrons. The number of nitrogens with one attached hydrogen (secondary N) is 1. The fraction of sp³-hybridized carbons (Fsp3) is 0.545. The van der Waals surface area contributed by atoms with Crippen LogP contribution in [-0.4, -0.2) is 43.0 Å². The number of aromatic nitrogens is 1. The minimum atomic E-state index is -3.53. The van der Waals surface area contributed by atoms with Crippen LogP contribution in [0.1, 0.15) is 24.9 Å². The standard InChI is InChI=1S/C11H19N3O3S/c1-10(11-4-6-12-7-5-11)13-18(16,17)14(2)8-3-9-15/h4-7,10,13,15H,3,8-9H2,1-2H3. The summed E-state index contributed by atoms with van der Waals surface area (Å²) >= 11 is 0. The SMILES string of the molecule is CC(NS(=O)(=O)N(C)CCCO)c1ccncc1. The van der Waals surface area contributed by atoms with Crippen molar-refractivity contribution in [1.82, 2.24) is 14.0 Å². The van der Waals surface area contributed by atoms with Crippen LogP contribution in [0.15, 0.2) is 24.5 Å². The lowest BCUT2D eigenvalue weighted by molar-refractivity contribution is 0.275. The first kappa shape index (κ1) is 15.0. The Labute approximate surface area is 108 Å². The molecule has 1 heterocycles. The average Bonchev–Trinajstić information content (AvgIpc) is 2.36. The van der Waals surface area contributed by atoms with Crippen LogP contribution >= 0.6 is 0 Å². The lowest BCUT2D eigenvalue weighted by atomic mass is 10.1. The van der Waals surface area contributed by atoms with E-state index in [1.165, 1.54) is 11.4 Å². The number of aliphatic hydroxyl groups is 1. The molecule has 18 heavy (non-hydrogen) atoms. The van der Waals surface area contributed by atoms with Crippen molar-refractivity contribution in [3.05, 3.63) is 30.1 Å².